The largest absolute Gasteiger partial charge is 0.508 e. The van der Waals surface area contributed by atoms with E-state index < -0.39 is 5.91 Å². The van der Waals surface area contributed by atoms with Crippen molar-refractivity contribution < 1.29 is 19.7 Å². The summed E-state index contributed by atoms with van der Waals surface area (Å²) < 4.78 is 5.34. The number of nitrogens with zero attached hydrogens (tertiary/aromatic N) is 1. The molecule has 0 aliphatic heterocycles. The van der Waals surface area contributed by atoms with Gasteiger partial charge in [0.25, 0.3) is 5.91 Å². The zero-order chi connectivity index (χ0) is 16.7. The molecule has 120 valence electrons. The second kappa shape index (κ2) is 7.84. The smallest absolute Gasteiger partial charge is 0.277 e. The van der Waals surface area contributed by atoms with Crippen LogP contribution in [0.4, 0.5) is 0 Å². The van der Waals surface area contributed by atoms with Gasteiger partial charge in [-0.3, -0.25) is 4.79 Å². The fourth-order valence-electron chi connectivity index (χ4n) is 1.82. The Balaban J connectivity index is 1.81. The van der Waals surface area contributed by atoms with E-state index in [0.29, 0.717) is 11.3 Å². The number of benzene rings is 2. The quantitative estimate of drug-likeness (QED) is 0.563. The van der Waals surface area contributed by atoms with Gasteiger partial charge in [-0.2, -0.15) is 5.10 Å². The molecule has 0 spiro atoms. The number of rotatable bonds is 6. The molecule has 2 rings (SSSR count). The molecule has 2 aromatic carbocycles. The zero-order valence-electron chi connectivity index (χ0n) is 12.7. The van der Waals surface area contributed by atoms with Crippen molar-refractivity contribution in [1.82, 2.24) is 5.43 Å². The molecule has 0 unspecified atom stereocenters. The van der Waals surface area contributed by atoms with Crippen LogP contribution in [-0.2, 0) is 11.2 Å². The summed E-state index contributed by atoms with van der Waals surface area (Å²) in [4.78, 5) is 11.6. The van der Waals surface area contributed by atoms with Crippen LogP contribution in [0.15, 0.2) is 47.6 Å². The van der Waals surface area contributed by atoms with E-state index in [0.717, 1.165) is 6.42 Å². The third kappa shape index (κ3) is 5.03. The normalized spacial score (nSPS) is 10.7. The Morgan fingerprint density at radius 1 is 1.22 bits per heavy atom. The van der Waals surface area contributed by atoms with E-state index in [1.54, 1.807) is 0 Å². The maximum absolute atomic E-state index is 11.6. The predicted octanol–water partition coefficient (Wildman–Crippen LogP) is 2.19. The summed E-state index contributed by atoms with van der Waals surface area (Å²) in [7, 11) is 0. The van der Waals surface area contributed by atoms with Crippen LogP contribution in [0.5, 0.6) is 17.2 Å². The summed E-state index contributed by atoms with van der Waals surface area (Å²) in [6, 6.07) is 11.6. The van der Waals surface area contributed by atoms with Crippen LogP contribution >= 0.6 is 0 Å². The number of hydrogen-bond acceptors (Lipinski definition) is 5. The van der Waals surface area contributed by atoms with E-state index in [1.165, 1.54) is 30.0 Å². The first-order valence-electron chi connectivity index (χ1n) is 7.14. The molecule has 23 heavy (non-hydrogen) atoms. The molecule has 0 radical (unpaired) electrons. The minimum Gasteiger partial charge on any atom is -0.508 e. The van der Waals surface area contributed by atoms with Crippen molar-refractivity contribution in [3.05, 3.63) is 53.6 Å². The minimum absolute atomic E-state index is 0.0498. The molecule has 0 heterocycles. The number of phenols is 2. The van der Waals surface area contributed by atoms with E-state index in [4.69, 9.17) is 4.74 Å². The van der Waals surface area contributed by atoms with Crippen LogP contribution in [0.1, 0.15) is 18.1 Å². The van der Waals surface area contributed by atoms with Gasteiger partial charge < -0.3 is 14.9 Å². The van der Waals surface area contributed by atoms with Crippen LogP contribution in [0, 0.1) is 0 Å². The number of aryl methyl sites for hydroxylation is 1. The number of aromatic hydroxyl groups is 2. The molecule has 1 amide bonds. The van der Waals surface area contributed by atoms with Crippen LogP contribution in [0.2, 0.25) is 0 Å². The molecule has 0 fully saturated rings. The average molecular weight is 314 g/mol. The van der Waals surface area contributed by atoms with Gasteiger partial charge in [0, 0.05) is 11.6 Å². The first kappa shape index (κ1) is 16.4. The molecule has 3 N–H and O–H groups in total. The van der Waals surface area contributed by atoms with Crippen LogP contribution in [0.3, 0.4) is 0 Å². The highest BCUT2D eigenvalue weighted by Gasteiger charge is 2.02. The lowest BCUT2D eigenvalue weighted by atomic mass is 10.2. The molecule has 6 nitrogen and oxygen atoms in total. The average Bonchev–Trinajstić information content (AvgIpc) is 2.55. The zero-order valence-corrected chi connectivity index (χ0v) is 12.7. The molecular formula is C17H18N2O4. The molecule has 6 heteroatoms. The number of phenolic OH excluding ortho intramolecular Hbond substituents is 2. The second-order valence-corrected chi connectivity index (χ2v) is 4.82. The van der Waals surface area contributed by atoms with Gasteiger partial charge in [-0.1, -0.05) is 19.1 Å². The highest BCUT2D eigenvalue weighted by molar-refractivity contribution is 5.85. The van der Waals surface area contributed by atoms with Gasteiger partial charge in [-0.05, 0) is 36.2 Å². The molecule has 0 aliphatic rings. The van der Waals surface area contributed by atoms with Crippen molar-refractivity contribution in [2.75, 3.05) is 6.61 Å². The molecular weight excluding hydrogens is 296 g/mol. The lowest BCUT2D eigenvalue weighted by Crippen LogP contribution is -2.24. The van der Waals surface area contributed by atoms with Gasteiger partial charge in [0.15, 0.2) is 6.61 Å². The van der Waals surface area contributed by atoms with Gasteiger partial charge >= 0.3 is 0 Å². The number of ether oxygens (including phenoxy) is 1. The third-order valence-electron chi connectivity index (χ3n) is 3.11. The fourth-order valence-corrected chi connectivity index (χ4v) is 1.82. The number of amides is 1. The maximum atomic E-state index is 11.6. The van der Waals surface area contributed by atoms with Crippen LogP contribution in [0.25, 0.3) is 0 Å². The second-order valence-electron chi connectivity index (χ2n) is 4.82. The van der Waals surface area contributed by atoms with Gasteiger partial charge in [0.1, 0.15) is 17.2 Å². The van der Waals surface area contributed by atoms with E-state index in [1.807, 2.05) is 24.3 Å². The van der Waals surface area contributed by atoms with Gasteiger partial charge in [-0.25, -0.2) is 5.43 Å². The fraction of sp³-hybridized carbons (Fsp3) is 0.176. The highest BCUT2D eigenvalue weighted by Crippen LogP contribution is 2.20. The maximum Gasteiger partial charge on any atom is 0.277 e. The molecule has 0 bridgehead atoms. The van der Waals surface area contributed by atoms with Crippen LogP contribution < -0.4 is 10.2 Å². The molecule has 2 aromatic rings. The van der Waals surface area contributed by atoms with E-state index >= 15 is 0 Å². The number of hydrogen-bond donors (Lipinski definition) is 3. The van der Waals surface area contributed by atoms with Crippen molar-refractivity contribution in [3.63, 3.8) is 0 Å². The number of hydrazone groups is 1. The Hall–Kier alpha value is -3.02. The Kier molecular flexibility index (Phi) is 5.57. The first-order chi connectivity index (χ1) is 11.1. The van der Waals surface area contributed by atoms with E-state index in [-0.39, 0.29) is 18.1 Å². The van der Waals surface area contributed by atoms with Gasteiger partial charge in [0.05, 0.1) is 6.21 Å². The summed E-state index contributed by atoms with van der Waals surface area (Å²) in [5.41, 5.74) is 3.87. The summed E-state index contributed by atoms with van der Waals surface area (Å²) in [6.07, 6.45) is 2.22. The summed E-state index contributed by atoms with van der Waals surface area (Å²) >= 11 is 0. The summed E-state index contributed by atoms with van der Waals surface area (Å²) in [6.45, 7) is 1.90. The lowest BCUT2D eigenvalue weighted by molar-refractivity contribution is -0.123. The standard InChI is InChI=1S/C17H18N2O4/c1-2-12-3-7-15(8-4-12)23-11-17(22)19-18-10-13-5-6-14(20)9-16(13)21/h3-10,20-21H,2,11H2,1H3,(H,19,22)/b18-10-. The predicted molar refractivity (Wildman–Crippen MR) is 86.8 cm³/mol. The van der Waals surface area contributed by atoms with Crippen molar-refractivity contribution >= 4 is 12.1 Å². The van der Waals surface area contributed by atoms with Crippen molar-refractivity contribution in [3.8, 4) is 17.2 Å². The Morgan fingerprint density at radius 2 is 1.96 bits per heavy atom. The first-order valence-corrected chi connectivity index (χ1v) is 7.14. The van der Waals surface area contributed by atoms with E-state index in [2.05, 4.69) is 17.5 Å². The molecule has 0 aromatic heterocycles. The van der Waals surface area contributed by atoms with Crippen molar-refractivity contribution in [2.24, 2.45) is 5.10 Å². The van der Waals surface area contributed by atoms with Crippen molar-refractivity contribution in [2.45, 2.75) is 13.3 Å². The third-order valence-corrected chi connectivity index (χ3v) is 3.11. The van der Waals surface area contributed by atoms with E-state index in [9.17, 15) is 15.0 Å². The molecule has 0 saturated heterocycles. The Morgan fingerprint density at radius 3 is 2.61 bits per heavy atom. The van der Waals surface area contributed by atoms with Crippen LogP contribution in [-0.4, -0.2) is 28.9 Å². The summed E-state index contributed by atoms with van der Waals surface area (Å²) in [5, 5.41) is 22.5. The SMILES string of the molecule is CCc1ccc(OCC(=O)N/N=C\c2ccc(O)cc2O)cc1. The number of carbonyl (C=O) groups is 1. The Bertz CT molecular complexity index is 696. The molecule has 0 aliphatic carbocycles. The lowest BCUT2D eigenvalue weighted by Gasteiger charge is -2.05. The minimum atomic E-state index is -0.418. The van der Waals surface area contributed by atoms with Gasteiger partial charge in [-0.15, -0.1) is 0 Å². The van der Waals surface area contributed by atoms with Crippen molar-refractivity contribution in [1.29, 1.82) is 0 Å². The van der Waals surface area contributed by atoms with Gasteiger partial charge in [0.2, 0.25) is 0 Å². The molecule has 0 atom stereocenters. The summed E-state index contributed by atoms with van der Waals surface area (Å²) in [5.74, 6) is 0.0121. The molecule has 0 saturated carbocycles. The Labute approximate surface area is 134 Å². The monoisotopic (exact) mass is 314 g/mol. The topological polar surface area (TPSA) is 91.2 Å². The highest BCUT2D eigenvalue weighted by atomic mass is 16.5. The number of nitrogens with one attached hydrogen (secondary N) is 1. The number of carbonyl (C=O) groups excluding carboxylic acids is 1.